The molecule has 0 heterocycles. The van der Waals surface area contributed by atoms with Crippen LogP contribution in [0.4, 0.5) is 0 Å². The molecule has 0 aromatic rings. The first-order valence-corrected chi connectivity index (χ1v) is 21.4. The second-order valence-electron chi connectivity index (χ2n) is 13.6. The maximum absolute atomic E-state index is 12.2. The number of rotatable bonds is 36. The molecule has 0 aliphatic carbocycles. The van der Waals surface area contributed by atoms with Gasteiger partial charge in [-0.2, -0.15) is 0 Å². The Labute approximate surface area is 324 Å². The maximum Gasteiger partial charge on any atom is 1.00 e. The number of allylic oxidation sites excluding steroid dienone is 2. The predicted octanol–water partition coefficient (Wildman–Crippen LogP) is 9.15. The molecular formula is C40H73NaO7S. The fourth-order valence-electron chi connectivity index (χ4n) is 5.87. The van der Waals surface area contributed by atoms with Crippen LogP contribution in [0, 0.1) is 0 Å². The number of unbranched alkanes of at least 4 members (excludes halogenated alkanes) is 28. The Morgan fingerprint density at radius 2 is 0.796 bits per heavy atom. The first-order chi connectivity index (χ1) is 23.3. The van der Waals surface area contributed by atoms with E-state index in [1.54, 1.807) is 12.2 Å². The SMILES string of the molecule is CCCCCCCCCCCCCCCCC=COC(=O)CC(C(=O)OC=CCCCCCCCCCCCCCCCC)S(=O)(=O)[O-].[Na+]. The summed E-state index contributed by atoms with van der Waals surface area (Å²) in [5.41, 5.74) is 0. The van der Waals surface area contributed by atoms with Gasteiger partial charge in [0, 0.05) is 0 Å². The van der Waals surface area contributed by atoms with E-state index in [1.807, 2.05) is 0 Å². The summed E-state index contributed by atoms with van der Waals surface area (Å²) in [6, 6.07) is 0. The van der Waals surface area contributed by atoms with Crippen molar-refractivity contribution < 1.29 is 61.6 Å². The molecular weight excluding hydrogens is 647 g/mol. The molecule has 0 spiro atoms. The van der Waals surface area contributed by atoms with Gasteiger partial charge in [-0.05, 0) is 37.8 Å². The van der Waals surface area contributed by atoms with Crippen LogP contribution in [0.5, 0.6) is 0 Å². The van der Waals surface area contributed by atoms with E-state index in [0.717, 1.165) is 44.8 Å². The molecule has 7 nitrogen and oxygen atoms in total. The molecule has 0 amide bonds. The van der Waals surface area contributed by atoms with Crippen molar-refractivity contribution in [3.8, 4) is 0 Å². The first-order valence-electron chi connectivity index (χ1n) is 20.0. The minimum absolute atomic E-state index is 0. The second-order valence-corrected chi connectivity index (χ2v) is 15.2. The summed E-state index contributed by atoms with van der Waals surface area (Å²) in [6.07, 6.45) is 42.0. The summed E-state index contributed by atoms with van der Waals surface area (Å²) in [6.45, 7) is 4.50. The normalized spacial score (nSPS) is 12.4. The molecule has 0 aliphatic rings. The Bertz CT molecular complexity index is 904. The van der Waals surface area contributed by atoms with Crippen LogP contribution < -0.4 is 29.6 Å². The van der Waals surface area contributed by atoms with Crippen molar-refractivity contribution in [3.05, 3.63) is 24.7 Å². The van der Waals surface area contributed by atoms with Gasteiger partial charge in [0.25, 0.3) is 0 Å². The van der Waals surface area contributed by atoms with E-state index in [4.69, 9.17) is 9.47 Å². The Morgan fingerprint density at radius 1 is 0.510 bits per heavy atom. The van der Waals surface area contributed by atoms with Crippen LogP contribution >= 0.6 is 0 Å². The third kappa shape index (κ3) is 36.9. The van der Waals surface area contributed by atoms with Crippen LogP contribution in [0.25, 0.3) is 0 Å². The van der Waals surface area contributed by atoms with E-state index < -0.39 is 33.7 Å². The van der Waals surface area contributed by atoms with Gasteiger partial charge in [-0.1, -0.05) is 181 Å². The van der Waals surface area contributed by atoms with E-state index >= 15 is 0 Å². The van der Waals surface area contributed by atoms with Crippen LogP contribution in [-0.2, 0) is 29.2 Å². The minimum Gasteiger partial charge on any atom is -0.747 e. The third-order valence-corrected chi connectivity index (χ3v) is 10.0. The van der Waals surface area contributed by atoms with E-state index in [1.165, 1.54) is 154 Å². The van der Waals surface area contributed by atoms with E-state index in [9.17, 15) is 22.6 Å². The summed E-state index contributed by atoms with van der Waals surface area (Å²) < 4.78 is 44.6. The van der Waals surface area contributed by atoms with Crippen molar-refractivity contribution in [3.63, 3.8) is 0 Å². The van der Waals surface area contributed by atoms with E-state index in [0.29, 0.717) is 6.42 Å². The molecule has 9 heteroatoms. The molecule has 0 radical (unpaired) electrons. The minimum atomic E-state index is -5.08. The molecule has 0 aliphatic heterocycles. The first kappa shape index (κ1) is 50.4. The van der Waals surface area contributed by atoms with Crippen LogP contribution in [-0.4, -0.2) is 30.2 Å². The van der Waals surface area contributed by atoms with Crippen molar-refractivity contribution in [2.24, 2.45) is 0 Å². The molecule has 0 aromatic heterocycles. The van der Waals surface area contributed by atoms with Crippen LogP contribution in [0.1, 0.15) is 213 Å². The van der Waals surface area contributed by atoms with Crippen molar-refractivity contribution in [2.75, 3.05) is 0 Å². The number of carbonyl (C=O) groups is 2. The molecule has 0 bridgehead atoms. The summed E-state index contributed by atoms with van der Waals surface area (Å²) >= 11 is 0. The third-order valence-electron chi connectivity index (χ3n) is 8.99. The van der Waals surface area contributed by atoms with Crippen LogP contribution in [0.3, 0.4) is 0 Å². The van der Waals surface area contributed by atoms with Gasteiger partial charge >= 0.3 is 41.5 Å². The van der Waals surface area contributed by atoms with Crippen LogP contribution in [0.2, 0.25) is 0 Å². The van der Waals surface area contributed by atoms with Crippen molar-refractivity contribution >= 4 is 22.1 Å². The molecule has 282 valence electrons. The van der Waals surface area contributed by atoms with Gasteiger partial charge in [-0.3, -0.25) is 9.59 Å². The summed E-state index contributed by atoms with van der Waals surface area (Å²) in [5, 5.41) is -2.13. The Morgan fingerprint density at radius 3 is 1.10 bits per heavy atom. The molecule has 0 fully saturated rings. The van der Waals surface area contributed by atoms with Gasteiger partial charge in [0.15, 0.2) is 5.25 Å². The fourth-order valence-corrected chi connectivity index (χ4v) is 6.50. The Kier molecular flexibility index (Phi) is 39.7. The number of hydrogen-bond donors (Lipinski definition) is 0. The van der Waals surface area contributed by atoms with Gasteiger partial charge < -0.3 is 14.0 Å². The molecule has 1 unspecified atom stereocenters. The number of carbonyl (C=O) groups excluding carboxylic acids is 2. The van der Waals surface area contributed by atoms with Gasteiger partial charge in [0.05, 0.1) is 18.9 Å². The Balaban J connectivity index is 0. The largest absolute Gasteiger partial charge is 1.00 e. The molecule has 0 aromatic carbocycles. The fraction of sp³-hybridized carbons (Fsp3) is 0.850. The van der Waals surface area contributed by atoms with Crippen LogP contribution in [0.15, 0.2) is 24.7 Å². The maximum atomic E-state index is 12.2. The number of esters is 2. The van der Waals surface area contributed by atoms with Gasteiger partial charge in [-0.25, -0.2) is 8.42 Å². The van der Waals surface area contributed by atoms with Crippen molar-refractivity contribution in [1.82, 2.24) is 0 Å². The zero-order chi connectivity index (χ0) is 35.4. The van der Waals surface area contributed by atoms with Gasteiger partial charge in [-0.15, -0.1) is 0 Å². The quantitative estimate of drug-likeness (QED) is 0.0209. The smallest absolute Gasteiger partial charge is 0.747 e. The summed E-state index contributed by atoms with van der Waals surface area (Å²) in [7, 11) is -5.08. The average Bonchev–Trinajstić information content (AvgIpc) is 3.05. The monoisotopic (exact) mass is 720 g/mol. The Hall–Kier alpha value is -0.670. The summed E-state index contributed by atoms with van der Waals surface area (Å²) in [4.78, 5) is 24.3. The molecule has 0 N–H and O–H groups in total. The number of hydrogen-bond acceptors (Lipinski definition) is 7. The topological polar surface area (TPSA) is 110 Å². The standard InChI is InChI=1S/C40H74O7S.Na/c1-3-5-7-9-11-13-15-17-19-21-23-25-27-29-31-33-35-46-39(41)37-38(48(43,44)45)40(42)47-36-34-32-30-28-26-24-22-20-18-16-14-12-10-8-6-4-2;/h33-36,38H,3-32,37H2,1-2H3,(H,43,44,45);/q;+1/p-1. The molecule has 1 atom stereocenters. The van der Waals surface area contributed by atoms with Crippen molar-refractivity contribution in [2.45, 2.75) is 218 Å². The van der Waals surface area contributed by atoms with E-state index in [2.05, 4.69) is 13.8 Å². The van der Waals surface area contributed by atoms with Gasteiger partial charge in [0.1, 0.15) is 10.1 Å². The summed E-state index contributed by atoms with van der Waals surface area (Å²) in [5.74, 6) is -2.22. The molecule has 0 saturated heterocycles. The molecule has 0 saturated carbocycles. The van der Waals surface area contributed by atoms with Crippen molar-refractivity contribution in [1.29, 1.82) is 0 Å². The second kappa shape index (κ2) is 38.6. The average molecular weight is 721 g/mol. The molecule has 49 heavy (non-hydrogen) atoms. The zero-order valence-electron chi connectivity index (χ0n) is 32.1. The zero-order valence-corrected chi connectivity index (χ0v) is 34.9. The van der Waals surface area contributed by atoms with Gasteiger partial charge in [0.2, 0.25) is 0 Å². The predicted molar refractivity (Wildman–Crippen MR) is 198 cm³/mol. The van der Waals surface area contributed by atoms with E-state index in [-0.39, 0.29) is 29.6 Å². The molecule has 0 rings (SSSR count). The number of ether oxygens (including phenoxy) is 2.